The number of nitrogens with one attached hydrogen (secondary N) is 1. The van der Waals surface area contributed by atoms with E-state index in [1.807, 2.05) is 57.8 Å². The van der Waals surface area contributed by atoms with Crippen molar-refractivity contribution in [2.75, 3.05) is 12.4 Å². The number of imidazole rings is 1. The largest absolute Gasteiger partial charge is 0.497 e. The van der Waals surface area contributed by atoms with Crippen LogP contribution < -0.4 is 10.1 Å². The predicted molar refractivity (Wildman–Crippen MR) is 97.3 cm³/mol. The molecule has 0 aliphatic heterocycles. The molecule has 120 valence electrons. The maximum atomic E-state index is 12.6. The molecule has 0 aliphatic carbocycles. The Morgan fingerprint density at radius 3 is 2.75 bits per heavy atom. The number of fused-ring (bicyclic) bond motifs is 1. The van der Waals surface area contributed by atoms with Crippen LogP contribution in [0.1, 0.15) is 10.5 Å². The highest BCUT2D eigenvalue weighted by molar-refractivity contribution is 7.15. The molecule has 0 spiro atoms. The van der Waals surface area contributed by atoms with E-state index in [2.05, 4.69) is 10.3 Å². The maximum Gasteiger partial charge on any atom is 0.273 e. The fourth-order valence-electron chi connectivity index (χ4n) is 2.36. The van der Waals surface area contributed by atoms with Crippen LogP contribution in [0.25, 0.3) is 15.5 Å². The molecule has 0 unspecified atom stereocenters. The second-order valence-corrected chi connectivity index (χ2v) is 6.84. The van der Waals surface area contributed by atoms with Crippen molar-refractivity contribution < 1.29 is 9.53 Å². The molecule has 0 saturated heterocycles. The number of ether oxygens (including phenoxy) is 1. The number of thiazole rings is 1. The first-order valence-corrected chi connectivity index (χ1v) is 8.96. The zero-order chi connectivity index (χ0) is 16.5. The van der Waals surface area contributed by atoms with E-state index in [4.69, 9.17) is 4.74 Å². The van der Waals surface area contributed by atoms with Gasteiger partial charge in [0.05, 0.1) is 12.0 Å². The van der Waals surface area contributed by atoms with Crippen LogP contribution in [0.3, 0.4) is 0 Å². The van der Waals surface area contributed by atoms with Crippen molar-refractivity contribution in [3.63, 3.8) is 0 Å². The smallest absolute Gasteiger partial charge is 0.273 e. The van der Waals surface area contributed by atoms with Gasteiger partial charge in [-0.2, -0.15) is 0 Å². The van der Waals surface area contributed by atoms with Crippen LogP contribution >= 0.6 is 22.7 Å². The molecule has 24 heavy (non-hydrogen) atoms. The molecule has 1 amide bonds. The Morgan fingerprint density at radius 2 is 2.04 bits per heavy atom. The molecule has 4 aromatic rings. The fraction of sp³-hybridized carbons (Fsp3) is 0.0588. The standard InChI is InChI=1S/C17H13N3O2S2/c1-22-12-6-4-11(5-7-12)18-16(21)14-10-24-17-19-13(9-20(14)17)15-3-2-8-23-15/h2-10H,1H3,(H,18,21). The summed E-state index contributed by atoms with van der Waals surface area (Å²) < 4.78 is 6.95. The van der Waals surface area contributed by atoms with Crippen molar-refractivity contribution in [3.8, 4) is 16.3 Å². The molecular formula is C17H13N3O2S2. The molecule has 7 heteroatoms. The van der Waals surface area contributed by atoms with Gasteiger partial charge >= 0.3 is 0 Å². The predicted octanol–water partition coefficient (Wildman–Crippen LogP) is 4.39. The highest BCUT2D eigenvalue weighted by atomic mass is 32.1. The summed E-state index contributed by atoms with van der Waals surface area (Å²) in [5, 5.41) is 6.73. The summed E-state index contributed by atoms with van der Waals surface area (Å²) in [6, 6.07) is 11.3. The van der Waals surface area contributed by atoms with E-state index in [-0.39, 0.29) is 5.91 Å². The van der Waals surface area contributed by atoms with Crippen LogP contribution in [0.5, 0.6) is 5.75 Å². The normalized spacial score (nSPS) is 10.9. The second-order valence-electron chi connectivity index (χ2n) is 5.06. The molecule has 3 heterocycles. The number of benzene rings is 1. The van der Waals surface area contributed by atoms with Crippen molar-refractivity contribution >= 4 is 39.2 Å². The van der Waals surface area contributed by atoms with Gasteiger partial charge in [-0.3, -0.25) is 9.20 Å². The number of carbonyl (C=O) groups is 1. The minimum Gasteiger partial charge on any atom is -0.497 e. The summed E-state index contributed by atoms with van der Waals surface area (Å²) in [5.74, 6) is 0.586. The Bertz CT molecular complexity index is 985. The number of aromatic nitrogens is 2. The third-order valence-electron chi connectivity index (χ3n) is 3.56. The van der Waals surface area contributed by atoms with Gasteiger partial charge in [0, 0.05) is 17.3 Å². The Labute approximate surface area is 146 Å². The summed E-state index contributed by atoms with van der Waals surface area (Å²) >= 11 is 3.08. The van der Waals surface area contributed by atoms with Crippen LogP contribution in [-0.4, -0.2) is 22.4 Å². The number of rotatable bonds is 4. The van der Waals surface area contributed by atoms with E-state index < -0.39 is 0 Å². The number of methoxy groups -OCH3 is 1. The lowest BCUT2D eigenvalue weighted by atomic mass is 10.3. The van der Waals surface area contributed by atoms with Crippen molar-refractivity contribution in [1.82, 2.24) is 9.38 Å². The first-order chi connectivity index (χ1) is 11.7. The number of amides is 1. The third-order valence-corrected chi connectivity index (χ3v) is 5.30. The van der Waals surface area contributed by atoms with Gasteiger partial charge in [0.2, 0.25) is 0 Å². The molecule has 3 aromatic heterocycles. The molecule has 1 aromatic carbocycles. The van der Waals surface area contributed by atoms with Gasteiger partial charge in [0.1, 0.15) is 17.1 Å². The van der Waals surface area contributed by atoms with Gasteiger partial charge < -0.3 is 10.1 Å². The number of hydrogen-bond acceptors (Lipinski definition) is 5. The summed E-state index contributed by atoms with van der Waals surface area (Å²) in [5.41, 5.74) is 2.18. The molecule has 5 nitrogen and oxygen atoms in total. The molecular weight excluding hydrogens is 342 g/mol. The number of thiophene rings is 1. The summed E-state index contributed by atoms with van der Waals surface area (Å²) in [7, 11) is 1.61. The molecule has 0 bridgehead atoms. The first-order valence-electron chi connectivity index (χ1n) is 7.20. The van der Waals surface area contributed by atoms with Crippen LogP contribution in [0.4, 0.5) is 5.69 Å². The zero-order valence-corrected chi connectivity index (χ0v) is 14.4. The Hall–Kier alpha value is -2.64. The maximum absolute atomic E-state index is 12.6. The summed E-state index contributed by atoms with van der Waals surface area (Å²) in [4.78, 5) is 19.0. The molecule has 0 atom stereocenters. The van der Waals surface area contributed by atoms with Crippen molar-refractivity contribution in [1.29, 1.82) is 0 Å². The quantitative estimate of drug-likeness (QED) is 0.591. The lowest BCUT2D eigenvalue weighted by molar-refractivity contribution is 0.102. The lowest BCUT2D eigenvalue weighted by Gasteiger charge is -2.05. The lowest BCUT2D eigenvalue weighted by Crippen LogP contribution is -2.13. The summed E-state index contributed by atoms with van der Waals surface area (Å²) in [6.07, 6.45) is 1.90. The minimum absolute atomic E-state index is 0.165. The Morgan fingerprint density at radius 1 is 1.21 bits per heavy atom. The van der Waals surface area contributed by atoms with Gasteiger partial charge in [-0.05, 0) is 35.7 Å². The molecule has 0 saturated carbocycles. The highest BCUT2D eigenvalue weighted by Gasteiger charge is 2.15. The van der Waals surface area contributed by atoms with E-state index >= 15 is 0 Å². The van der Waals surface area contributed by atoms with E-state index in [9.17, 15) is 4.79 Å². The van der Waals surface area contributed by atoms with Gasteiger partial charge in [-0.1, -0.05) is 6.07 Å². The number of carbonyl (C=O) groups excluding carboxylic acids is 1. The first kappa shape index (κ1) is 14.9. The van der Waals surface area contributed by atoms with Gasteiger partial charge in [0.25, 0.3) is 5.91 Å². The topological polar surface area (TPSA) is 55.6 Å². The van der Waals surface area contributed by atoms with E-state index in [1.165, 1.54) is 11.3 Å². The molecule has 1 N–H and O–H groups in total. The van der Waals surface area contributed by atoms with Crippen LogP contribution in [0.2, 0.25) is 0 Å². The van der Waals surface area contributed by atoms with Crippen molar-refractivity contribution in [2.24, 2.45) is 0 Å². The van der Waals surface area contributed by atoms with Crippen molar-refractivity contribution in [3.05, 3.63) is 59.0 Å². The van der Waals surface area contributed by atoms with E-state index in [0.29, 0.717) is 5.69 Å². The average molecular weight is 355 g/mol. The molecule has 0 aliphatic rings. The third kappa shape index (κ3) is 2.68. The van der Waals surface area contributed by atoms with Crippen LogP contribution in [0.15, 0.2) is 53.4 Å². The minimum atomic E-state index is -0.165. The second kappa shape index (κ2) is 6.10. The number of nitrogens with zero attached hydrogens (tertiary/aromatic N) is 2. The fourth-order valence-corrected chi connectivity index (χ4v) is 3.89. The number of anilines is 1. The SMILES string of the molecule is COc1ccc(NC(=O)c2csc3nc(-c4cccs4)cn23)cc1. The Balaban J connectivity index is 1.61. The monoisotopic (exact) mass is 355 g/mol. The van der Waals surface area contributed by atoms with E-state index in [0.717, 1.165) is 27.0 Å². The molecule has 0 radical (unpaired) electrons. The number of hydrogen-bond donors (Lipinski definition) is 1. The van der Waals surface area contributed by atoms with E-state index in [1.54, 1.807) is 18.4 Å². The highest BCUT2D eigenvalue weighted by Crippen LogP contribution is 2.27. The molecule has 0 fully saturated rings. The van der Waals surface area contributed by atoms with Gasteiger partial charge in [-0.15, -0.1) is 22.7 Å². The van der Waals surface area contributed by atoms with Gasteiger partial charge in [0.15, 0.2) is 4.96 Å². The molecule has 4 rings (SSSR count). The zero-order valence-electron chi connectivity index (χ0n) is 12.7. The Kier molecular flexibility index (Phi) is 3.79. The van der Waals surface area contributed by atoms with Crippen molar-refractivity contribution in [2.45, 2.75) is 0 Å². The average Bonchev–Trinajstić information content (AvgIpc) is 3.31. The summed E-state index contributed by atoms with van der Waals surface area (Å²) in [6.45, 7) is 0. The van der Waals surface area contributed by atoms with Gasteiger partial charge in [-0.25, -0.2) is 4.98 Å². The van der Waals surface area contributed by atoms with Crippen LogP contribution in [-0.2, 0) is 0 Å². The van der Waals surface area contributed by atoms with Crippen LogP contribution in [0, 0.1) is 0 Å².